The normalized spacial score (nSPS) is 12.3. The zero-order valence-electron chi connectivity index (χ0n) is 13.9. The number of hydrogen-bond donors (Lipinski definition) is 1. The zero-order valence-corrected chi connectivity index (χ0v) is 14.7. The molecule has 1 aromatic heterocycles. The van der Waals surface area contributed by atoms with Crippen molar-refractivity contribution in [3.8, 4) is 11.4 Å². The summed E-state index contributed by atoms with van der Waals surface area (Å²) >= 11 is 5.97. The molecule has 0 saturated carbocycles. The van der Waals surface area contributed by atoms with Crippen molar-refractivity contribution in [3.63, 3.8) is 0 Å². The number of halogens is 2. The highest BCUT2D eigenvalue weighted by Crippen LogP contribution is 2.23. The smallest absolute Gasteiger partial charge is 0.241 e. The Kier molecular flexibility index (Phi) is 5.29. The van der Waals surface area contributed by atoms with Gasteiger partial charge in [0.05, 0.1) is 6.54 Å². The van der Waals surface area contributed by atoms with Gasteiger partial charge in [0.15, 0.2) is 0 Å². The Labute approximate surface area is 154 Å². The van der Waals surface area contributed by atoms with Crippen LogP contribution in [0.2, 0.25) is 5.02 Å². The maximum Gasteiger partial charge on any atom is 0.241 e. The van der Waals surface area contributed by atoms with Gasteiger partial charge in [0.1, 0.15) is 11.9 Å². The number of rotatable bonds is 6. The lowest BCUT2D eigenvalue weighted by molar-refractivity contribution is -0.123. The first-order valence-corrected chi connectivity index (χ1v) is 8.15. The number of carbonyl (C=O) groups excluding carboxylic acids is 1. The molecule has 26 heavy (non-hydrogen) atoms. The average molecular weight is 375 g/mol. The van der Waals surface area contributed by atoms with Crippen LogP contribution >= 0.6 is 11.6 Å². The van der Waals surface area contributed by atoms with Crippen molar-refractivity contribution in [2.75, 3.05) is 7.05 Å². The van der Waals surface area contributed by atoms with Crippen LogP contribution in [0.15, 0.2) is 53.1 Å². The molecule has 8 heteroatoms. The monoisotopic (exact) mass is 374 g/mol. The highest BCUT2D eigenvalue weighted by Gasteiger charge is 2.25. The minimum atomic E-state index is -0.827. The lowest BCUT2D eigenvalue weighted by Gasteiger charge is -2.24. The number of amides is 1. The van der Waals surface area contributed by atoms with Crippen molar-refractivity contribution in [2.45, 2.75) is 12.6 Å². The van der Waals surface area contributed by atoms with Gasteiger partial charge in [0.25, 0.3) is 0 Å². The van der Waals surface area contributed by atoms with Crippen LogP contribution in [0.5, 0.6) is 0 Å². The van der Waals surface area contributed by atoms with E-state index >= 15 is 0 Å². The second-order valence-corrected chi connectivity index (χ2v) is 6.23. The molecule has 0 spiro atoms. The van der Waals surface area contributed by atoms with Gasteiger partial charge in [-0.2, -0.15) is 4.98 Å². The largest absolute Gasteiger partial charge is 0.368 e. The molecule has 1 heterocycles. The Morgan fingerprint density at radius 3 is 2.77 bits per heavy atom. The van der Waals surface area contributed by atoms with E-state index < -0.39 is 17.8 Å². The van der Waals surface area contributed by atoms with Gasteiger partial charge >= 0.3 is 0 Å². The molecule has 1 atom stereocenters. The van der Waals surface area contributed by atoms with E-state index in [0.29, 0.717) is 27.9 Å². The topological polar surface area (TPSA) is 85.2 Å². The van der Waals surface area contributed by atoms with E-state index in [1.165, 1.54) is 18.2 Å². The van der Waals surface area contributed by atoms with Crippen molar-refractivity contribution >= 4 is 17.5 Å². The summed E-state index contributed by atoms with van der Waals surface area (Å²) in [5.74, 6) is -0.363. The van der Waals surface area contributed by atoms with Crippen LogP contribution in [0.25, 0.3) is 11.4 Å². The number of benzene rings is 2. The van der Waals surface area contributed by atoms with Crippen LogP contribution in [0, 0.1) is 5.82 Å². The van der Waals surface area contributed by atoms with Crippen molar-refractivity contribution < 1.29 is 13.7 Å². The SMILES string of the molecule is CN(Cc1nc(-c2cccc(Cl)c2)no1)C(C(N)=O)c1cccc(F)c1. The predicted molar refractivity (Wildman–Crippen MR) is 94.5 cm³/mol. The van der Waals surface area contributed by atoms with Gasteiger partial charge in [-0.3, -0.25) is 9.69 Å². The van der Waals surface area contributed by atoms with Crippen molar-refractivity contribution in [2.24, 2.45) is 5.73 Å². The zero-order chi connectivity index (χ0) is 18.7. The molecule has 0 aliphatic carbocycles. The van der Waals surface area contributed by atoms with Crippen molar-refractivity contribution in [3.05, 3.63) is 70.8 Å². The number of aromatic nitrogens is 2. The Balaban J connectivity index is 1.80. The Bertz CT molecular complexity index is 931. The molecule has 3 aromatic rings. The molecule has 0 fully saturated rings. The molecule has 6 nitrogen and oxygen atoms in total. The van der Waals surface area contributed by atoms with E-state index in [4.69, 9.17) is 21.9 Å². The number of nitrogens with zero attached hydrogens (tertiary/aromatic N) is 3. The first-order valence-electron chi connectivity index (χ1n) is 7.77. The van der Waals surface area contributed by atoms with E-state index in [1.807, 2.05) is 6.07 Å². The molecule has 0 saturated heterocycles. The van der Waals surface area contributed by atoms with E-state index in [2.05, 4.69) is 10.1 Å². The van der Waals surface area contributed by atoms with Crippen LogP contribution in [-0.2, 0) is 11.3 Å². The van der Waals surface area contributed by atoms with Crippen LogP contribution in [0.3, 0.4) is 0 Å². The number of hydrogen-bond acceptors (Lipinski definition) is 5. The van der Waals surface area contributed by atoms with Gasteiger partial charge < -0.3 is 10.3 Å². The van der Waals surface area contributed by atoms with Crippen LogP contribution < -0.4 is 5.73 Å². The van der Waals surface area contributed by atoms with Gasteiger partial charge in [-0.15, -0.1) is 0 Å². The molecule has 0 radical (unpaired) electrons. The second-order valence-electron chi connectivity index (χ2n) is 5.80. The van der Waals surface area contributed by atoms with Gasteiger partial charge in [-0.25, -0.2) is 4.39 Å². The molecule has 0 aliphatic heterocycles. The fourth-order valence-electron chi connectivity index (χ4n) is 2.68. The summed E-state index contributed by atoms with van der Waals surface area (Å²) in [6.45, 7) is 0.164. The van der Waals surface area contributed by atoms with Gasteiger partial charge in [-0.1, -0.05) is 41.0 Å². The maximum absolute atomic E-state index is 13.5. The first kappa shape index (κ1) is 18.0. The third kappa shape index (κ3) is 4.07. The second kappa shape index (κ2) is 7.63. The molecular weight excluding hydrogens is 359 g/mol. The van der Waals surface area contributed by atoms with Gasteiger partial charge in [-0.05, 0) is 36.9 Å². The van der Waals surface area contributed by atoms with Crippen molar-refractivity contribution in [1.82, 2.24) is 15.0 Å². The summed E-state index contributed by atoms with van der Waals surface area (Å²) in [6.07, 6.45) is 0. The Hall–Kier alpha value is -2.77. The van der Waals surface area contributed by atoms with E-state index in [1.54, 1.807) is 36.2 Å². The van der Waals surface area contributed by atoms with Gasteiger partial charge in [0, 0.05) is 10.6 Å². The standard InChI is InChI=1S/C18H16ClFN4O2/c1-24(16(17(21)25)11-4-3-7-14(20)9-11)10-15-22-18(23-26-15)12-5-2-6-13(19)8-12/h2-9,16H,10H2,1H3,(H2,21,25). The van der Waals surface area contributed by atoms with Gasteiger partial charge in [0.2, 0.25) is 17.6 Å². The molecule has 2 aromatic carbocycles. The number of carbonyl (C=O) groups is 1. The molecule has 0 aliphatic rings. The number of nitrogens with two attached hydrogens (primary N) is 1. The molecule has 1 unspecified atom stereocenters. The van der Waals surface area contributed by atoms with Crippen LogP contribution in [0.1, 0.15) is 17.5 Å². The highest BCUT2D eigenvalue weighted by molar-refractivity contribution is 6.30. The summed E-state index contributed by atoms with van der Waals surface area (Å²) in [5, 5.41) is 4.49. The summed E-state index contributed by atoms with van der Waals surface area (Å²) < 4.78 is 18.7. The minimum Gasteiger partial charge on any atom is -0.368 e. The predicted octanol–water partition coefficient (Wildman–Crippen LogP) is 3.19. The summed E-state index contributed by atoms with van der Waals surface area (Å²) in [6, 6.07) is 12.0. The molecule has 134 valence electrons. The van der Waals surface area contributed by atoms with E-state index in [0.717, 1.165) is 0 Å². The van der Waals surface area contributed by atoms with Crippen molar-refractivity contribution in [1.29, 1.82) is 0 Å². The fourth-order valence-corrected chi connectivity index (χ4v) is 2.87. The van der Waals surface area contributed by atoms with Crippen LogP contribution in [-0.4, -0.2) is 28.0 Å². The third-order valence-electron chi connectivity index (χ3n) is 3.81. The number of primary amides is 1. The Morgan fingerprint density at radius 1 is 1.31 bits per heavy atom. The van der Waals surface area contributed by atoms with E-state index in [-0.39, 0.29) is 6.54 Å². The summed E-state index contributed by atoms with van der Waals surface area (Å²) in [4.78, 5) is 17.8. The summed E-state index contributed by atoms with van der Waals surface area (Å²) in [5.41, 5.74) is 6.67. The summed E-state index contributed by atoms with van der Waals surface area (Å²) in [7, 11) is 1.67. The third-order valence-corrected chi connectivity index (χ3v) is 4.05. The number of likely N-dealkylation sites (N-methyl/N-ethyl adjacent to an activating group) is 1. The molecule has 3 rings (SSSR count). The Morgan fingerprint density at radius 2 is 2.08 bits per heavy atom. The minimum absolute atomic E-state index is 0.164. The molecule has 2 N–H and O–H groups in total. The van der Waals surface area contributed by atoms with Crippen LogP contribution in [0.4, 0.5) is 4.39 Å². The van der Waals surface area contributed by atoms with E-state index in [9.17, 15) is 9.18 Å². The lowest BCUT2D eigenvalue weighted by Crippen LogP contribution is -2.35. The first-order chi connectivity index (χ1) is 12.4. The highest BCUT2D eigenvalue weighted by atomic mass is 35.5. The fraction of sp³-hybridized carbons (Fsp3) is 0.167. The molecule has 0 bridgehead atoms. The average Bonchev–Trinajstić information content (AvgIpc) is 3.03. The lowest BCUT2D eigenvalue weighted by atomic mass is 10.0. The molecular formula is C18H16ClFN4O2. The molecule has 1 amide bonds. The quantitative estimate of drug-likeness (QED) is 0.716. The maximum atomic E-state index is 13.5.